The molecule has 7 heteroatoms. The second kappa shape index (κ2) is 6.56. The molecule has 1 rings (SSSR count). The molecule has 0 spiro atoms. The predicted molar refractivity (Wildman–Crippen MR) is 78.7 cm³/mol. The van der Waals surface area contributed by atoms with E-state index < -0.39 is 17.6 Å². The van der Waals surface area contributed by atoms with E-state index in [2.05, 4.69) is 23.2 Å². The Hall–Kier alpha value is -2.83. The van der Waals surface area contributed by atoms with E-state index in [4.69, 9.17) is 11.5 Å². The van der Waals surface area contributed by atoms with Gasteiger partial charge in [-0.25, -0.2) is 13.6 Å². The maximum absolute atomic E-state index is 14.2. The smallest absolute Gasteiger partial charge is 0.340 e. The molecule has 5 nitrogen and oxygen atoms in total. The van der Waals surface area contributed by atoms with Crippen LogP contribution in [0.2, 0.25) is 0 Å². The number of nitrogens with one attached hydrogen (secondary N) is 1. The van der Waals surface area contributed by atoms with Gasteiger partial charge in [-0.2, -0.15) is 0 Å². The summed E-state index contributed by atoms with van der Waals surface area (Å²) in [4.78, 5) is 11.7. The molecule has 112 valence electrons. The minimum atomic E-state index is -0.994. The molecule has 0 saturated carbocycles. The van der Waals surface area contributed by atoms with E-state index in [1.807, 2.05) is 0 Å². The third-order valence-electron chi connectivity index (χ3n) is 2.58. The van der Waals surface area contributed by atoms with Crippen molar-refractivity contribution < 1.29 is 18.3 Å². The van der Waals surface area contributed by atoms with E-state index in [0.29, 0.717) is 0 Å². The number of rotatable bonds is 5. The minimum Gasteiger partial charge on any atom is -0.465 e. The molecule has 21 heavy (non-hydrogen) atoms. The summed E-state index contributed by atoms with van der Waals surface area (Å²) in [6, 6.07) is 1.14. The fourth-order valence-corrected chi connectivity index (χ4v) is 1.53. The summed E-state index contributed by atoms with van der Waals surface area (Å²) in [5.41, 5.74) is 9.71. The van der Waals surface area contributed by atoms with Crippen LogP contribution < -0.4 is 16.8 Å². The standard InChI is InChI=1S/C14H15F2N3O2/c1-4-5-10(7(2)15)19-13-8(14(20)21-3)6-9(17)12(18)11(13)16/h4-6,19H,1-2,17-18H2,3H3/b10-5+. The fourth-order valence-electron chi connectivity index (χ4n) is 1.53. The van der Waals surface area contributed by atoms with E-state index >= 15 is 0 Å². The van der Waals surface area contributed by atoms with Crippen LogP contribution in [-0.2, 0) is 4.74 Å². The molecule has 0 radical (unpaired) electrons. The number of anilines is 3. The number of hydrogen-bond acceptors (Lipinski definition) is 5. The normalized spacial score (nSPS) is 10.9. The number of nitrogens with two attached hydrogens (primary N) is 2. The highest BCUT2D eigenvalue weighted by Crippen LogP contribution is 2.32. The molecule has 0 fully saturated rings. The lowest BCUT2D eigenvalue weighted by atomic mass is 10.1. The average Bonchev–Trinajstić information content (AvgIpc) is 2.45. The zero-order valence-electron chi connectivity index (χ0n) is 11.4. The Bertz CT molecular complexity index is 640. The Morgan fingerprint density at radius 3 is 2.57 bits per heavy atom. The van der Waals surface area contributed by atoms with Crippen LogP contribution in [-0.4, -0.2) is 13.1 Å². The number of nitrogen functional groups attached to an aromatic ring is 2. The minimum absolute atomic E-state index is 0.133. The van der Waals surface area contributed by atoms with Crippen LogP contribution in [0.1, 0.15) is 10.4 Å². The van der Waals surface area contributed by atoms with Crippen molar-refractivity contribution in [2.75, 3.05) is 23.9 Å². The van der Waals surface area contributed by atoms with Gasteiger partial charge >= 0.3 is 5.97 Å². The monoisotopic (exact) mass is 295 g/mol. The number of benzene rings is 1. The summed E-state index contributed by atoms with van der Waals surface area (Å²) in [7, 11) is 1.12. The zero-order chi connectivity index (χ0) is 16.2. The molecular formula is C14H15F2N3O2. The first-order valence-corrected chi connectivity index (χ1v) is 5.73. The molecule has 5 N–H and O–H groups in total. The number of allylic oxidation sites excluding steroid dienone is 3. The van der Waals surface area contributed by atoms with Crippen LogP contribution in [0.25, 0.3) is 0 Å². The molecule has 0 aliphatic heterocycles. The van der Waals surface area contributed by atoms with Crippen molar-refractivity contribution in [1.82, 2.24) is 0 Å². The quantitative estimate of drug-likeness (QED) is 0.441. The average molecular weight is 295 g/mol. The van der Waals surface area contributed by atoms with E-state index in [1.165, 1.54) is 12.2 Å². The lowest BCUT2D eigenvalue weighted by Crippen LogP contribution is -2.13. The van der Waals surface area contributed by atoms with Crippen molar-refractivity contribution in [2.24, 2.45) is 0 Å². The van der Waals surface area contributed by atoms with Gasteiger partial charge in [0.1, 0.15) is 5.83 Å². The number of esters is 1. The first-order chi connectivity index (χ1) is 9.83. The van der Waals surface area contributed by atoms with Crippen LogP contribution in [0.4, 0.5) is 25.8 Å². The van der Waals surface area contributed by atoms with Gasteiger partial charge in [-0.15, -0.1) is 0 Å². The highest BCUT2D eigenvalue weighted by atomic mass is 19.1. The van der Waals surface area contributed by atoms with Crippen LogP contribution in [0.5, 0.6) is 0 Å². The van der Waals surface area contributed by atoms with Gasteiger partial charge in [-0.05, 0) is 12.1 Å². The van der Waals surface area contributed by atoms with Crippen molar-refractivity contribution in [3.8, 4) is 0 Å². The molecule has 0 heterocycles. The van der Waals surface area contributed by atoms with E-state index in [-0.39, 0.29) is 28.3 Å². The van der Waals surface area contributed by atoms with Crippen molar-refractivity contribution in [1.29, 1.82) is 0 Å². The summed E-state index contributed by atoms with van der Waals surface area (Å²) < 4.78 is 32.0. The van der Waals surface area contributed by atoms with Crippen LogP contribution in [0.3, 0.4) is 0 Å². The Morgan fingerprint density at radius 1 is 1.48 bits per heavy atom. The summed E-state index contributed by atoms with van der Waals surface area (Å²) in [5, 5.41) is 2.40. The highest BCUT2D eigenvalue weighted by Gasteiger charge is 2.21. The first kappa shape index (κ1) is 16.2. The SMILES string of the molecule is C=C/C=C(/Nc1c(C(=O)OC)cc(N)c(N)c1F)C(=C)F. The van der Waals surface area contributed by atoms with Crippen molar-refractivity contribution in [3.05, 3.63) is 54.3 Å². The summed E-state index contributed by atoms with van der Waals surface area (Å²) in [6.07, 6.45) is 2.48. The van der Waals surface area contributed by atoms with Crippen molar-refractivity contribution in [2.45, 2.75) is 0 Å². The number of carbonyl (C=O) groups excluding carboxylic acids is 1. The number of methoxy groups -OCH3 is 1. The van der Waals surface area contributed by atoms with Gasteiger partial charge in [0.15, 0.2) is 5.82 Å². The molecular weight excluding hydrogens is 280 g/mol. The van der Waals surface area contributed by atoms with Gasteiger partial charge in [-0.3, -0.25) is 0 Å². The third-order valence-corrected chi connectivity index (χ3v) is 2.58. The number of carbonyl (C=O) groups is 1. The Balaban J connectivity index is 3.49. The summed E-state index contributed by atoms with van der Waals surface area (Å²) in [6.45, 7) is 6.49. The molecule has 0 aromatic heterocycles. The Kier molecular flexibility index (Phi) is 5.06. The zero-order valence-corrected chi connectivity index (χ0v) is 11.4. The largest absolute Gasteiger partial charge is 0.465 e. The van der Waals surface area contributed by atoms with E-state index in [0.717, 1.165) is 13.2 Å². The lowest BCUT2D eigenvalue weighted by molar-refractivity contribution is 0.0601. The lowest BCUT2D eigenvalue weighted by Gasteiger charge is -2.15. The Morgan fingerprint density at radius 2 is 2.10 bits per heavy atom. The Labute approximate surface area is 120 Å². The molecule has 1 aromatic rings. The molecule has 0 bridgehead atoms. The summed E-state index contributed by atoms with van der Waals surface area (Å²) in [5.74, 6) is -2.72. The molecule has 0 saturated heterocycles. The number of ether oxygens (including phenoxy) is 1. The van der Waals surface area contributed by atoms with E-state index in [1.54, 1.807) is 0 Å². The fraction of sp³-hybridized carbons (Fsp3) is 0.0714. The summed E-state index contributed by atoms with van der Waals surface area (Å²) >= 11 is 0. The predicted octanol–water partition coefficient (Wildman–Crippen LogP) is 2.74. The number of halogens is 2. The molecule has 0 amide bonds. The molecule has 0 aliphatic rings. The van der Waals surface area contributed by atoms with Gasteiger partial charge in [-0.1, -0.05) is 19.2 Å². The van der Waals surface area contributed by atoms with Crippen LogP contribution in [0, 0.1) is 5.82 Å². The van der Waals surface area contributed by atoms with Crippen LogP contribution >= 0.6 is 0 Å². The van der Waals surface area contributed by atoms with Gasteiger partial charge in [0.05, 0.1) is 35.4 Å². The topological polar surface area (TPSA) is 90.4 Å². The molecule has 0 atom stereocenters. The van der Waals surface area contributed by atoms with Crippen LogP contribution in [0.15, 0.2) is 42.9 Å². The van der Waals surface area contributed by atoms with Gasteiger partial charge < -0.3 is 21.5 Å². The van der Waals surface area contributed by atoms with E-state index in [9.17, 15) is 13.6 Å². The maximum atomic E-state index is 14.2. The first-order valence-electron chi connectivity index (χ1n) is 5.73. The maximum Gasteiger partial charge on any atom is 0.340 e. The van der Waals surface area contributed by atoms with Gasteiger partial charge in [0.2, 0.25) is 0 Å². The highest BCUT2D eigenvalue weighted by molar-refractivity contribution is 5.99. The van der Waals surface area contributed by atoms with Crippen molar-refractivity contribution in [3.63, 3.8) is 0 Å². The molecule has 0 aliphatic carbocycles. The number of hydrogen-bond donors (Lipinski definition) is 3. The van der Waals surface area contributed by atoms with Crippen molar-refractivity contribution >= 4 is 23.0 Å². The second-order valence-electron chi connectivity index (χ2n) is 3.95. The molecule has 1 aromatic carbocycles. The van der Waals surface area contributed by atoms with Gasteiger partial charge in [0, 0.05) is 0 Å². The third kappa shape index (κ3) is 3.38. The molecule has 0 unspecified atom stereocenters. The second-order valence-corrected chi connectivity index (χ2v) is 3.95. The van der Waals surface area contributed by atoms with Gasteiger partial charge in [0.25, 0.3) is 0 Å².